The summed E-state index contributed by atoms with van der Waals surface area (Å²) in [7, 11) is 0. The molecule has 0 spiro atoms. The molecule has 2 rings (SSSR count). The van der Waals surface area contributed by atoms with Crippen LogP contribution in [0.1, 0.15) is 37.6 Å². The monoisotopic (exact) mass is 238 g/mol. The van der Waals surface area contributed by atoms with Crippen LogP contribution in [0.2, 0.25) is 0 Å². The Balaban J connectivity index is 1.90. The zero-order valence-electron chi connectivity index (χ0n) is 10.7. The average molecular weight is 238 g/mol. The third-order valence-corrected chi connectivity index (χ3v) is 3.29. The fourth-order valence-corrected chi connectivity index (χ4v) is 2.50. The van der Waals surface area contributed by atoms with E-state index >= 15 is 0 Å². The number of aryl methyl sites for hydroxylation is 2. The SMILES string of the molecule is CCn1nc(C)cc1CC(O)CC1CCCO1. The van der Waals surface area contributed by atoms with Crippen molar-refractivity contribution < 1.29 is 9.84 Å². The van der Waals surface area contributed by atoms with Gasteiger partial charge >= 0.3 is 0 Å². The van der Waals surface area contributed by atoms with Crippen LogP contribution in [-0.4, -0.2) is 33.7 Å². The Morgan fingerprint density at radius 3 is 3.12 bits per heavy atom. The van der Waals surface area contributed by atoms with E-state index in [1.165, 1.54) is 0 Å². The van der Waals surface area contributed by atoms with Crippen molar-refractivity contribution in [3.63, 3.8) is 0 Å². The minimum atomic E-state index is -0.320. The van der Waals surface area contributed by atoms with Gasteiger partial charge in [-0.3, -0.25) is 4.68 Å². The van der Waals surface area contributed by atoms with E-state index in [0.29, 0.717) is 6.42 Å². The summed E-state index contributed by atoms with van der Waals surface area (Å²) in [5.41, 5.74) is 2.14. The molecule has 96 valence electrons. The molecule has 1 aliphatic heterocycles. The van der Waals surface area contributed by atoms with Crippen molar-refractivity contribution in [2.45, 2.75) is 58.3 Å². The van der Waals surface area contributed by atoms with E-state index in [9.17, 15) is 5.11 Å². The van der Waals surface area contributed by atoms with Gasteiger partial charge in [0.1, 0.15) is 0 Å². The summed E-state index contributed by atoms with van der Waals surface area (Å²) in [5, 5.41) is 14.5. The maximum atomic E-state index is 10.1. The second-order valence-electron chi connectivity index (χ2n) is 4.82. The topological polar surface area (TPSA) is 47.3 Å². The van der Waals surface area contributed by atoms with Gasteiger partial charge in [-0.05, 0) is 39.2 Å². The molecule has 1 fully saturated rings. The maximum absolute atomic E-state index is 10.1. The molecule has 1 N–H and O–H groups in total. The van der Waals surface area contributed by atoms with Gasteiger partial charge < -0.3 is 9.84 Å². The van der Waals surface area contributed by atoms with Crippen molar-refractivity contribution >= 4 is 0 Å². The molecule has 0 aromatic carbocycles. The first kappa shape index (κ1) is 12.6. The Kier molecular flexibility index (Phi) is 4.18. The van der Waals surface area contributed by atoms with E-state index in [1.807, 2.05) is 11.6 Å². The zero-order valence-corrected chi connectivity index (χ0v) is 10.7. The van der Waals surface area contributed by atoms with Gasteiger partial charge in [0.2, 0.25) is 0 Å². The zero-order chi connectivity index (χ0) is 12.3. The van der Waals surface area contributed by atoms with Crippen molar-refractivity contribution in [2.24, 2.45) is 0 Å². The van der Waals surface area contributed by atoms with Crippen molar-refractivity contribution in [2.75, 3.05) is 6.61 Å². The maximum Gasteiger partial charge on any atom is 0.0620 e. The molecule has 1 saturated heterocycles. The lowest BCUT2D eigenvalue weighted by Crippen LogP contribution is -2.20. The molecule has 0 radical (unpaired) electrons. The molecule has 0 aliphatic carbocycles. The van der Waals surface area contributed by atoms with Crippen LogP contribution < -0.4 is 0 Å². The van der Waals surface area contributed by atoms with Crippen LogP contribution in [-0.2, 0) is 17.7 Å². The molecule has 4 heteroatoms. The summed E-state index contributed by atoms with van der Waals surface area (Å²) < 4.78 is 7.51. The molecule has 1 aromatic rings. The van der Waals surface area contributed by atoms with Gasteiger partial charge in [-0.15, -0.1) is 0 Å². The summed E-state index contributed by atoms with van der Waals surface area (Å²) >= 11 is 0. The Morgan fingerprint density at radius 1 is 1.65 bits per heavy atom. The number of hydrogen-bond acceptors (Lipinski definition) is 3. The first-order chi connectivity index (χ1) is 8.19. The average Bonchev–Trinajstić information content (AvgIpc) is 2.88. The summed E-state index contributed by atoms with van der Waals surface area (Å²) in [6.45, 7) is 5.77. The molecule has 4 nitrogen and oxygen atoms in total. The van der Waals surface area contributed by atoms with Crippen LogP contribution in [0.5, 0.6) is 0 Å². The lowest BCUT2D eigenvalue weighted by molar-refractivity contribution is 0.0533. The molecule has 1 aliphatic rings. The smallest absolute Gasteiger partial charge is 0.0620 e. The van der Waals surface area contributed by atoms with E-state index in [4.69, 9.17) is 4.74 Å². The number of aromatic nitrogens is 2. The molecule has 1 aromatic heterocycles. The van der Waals surface area contributed by atoms with Crippen LogP contribution in [0.15, 0.2) is 6.07 Å². The van der Waals surface area contributed by atoms with Crippen molar-refractivity contribution in [1.29, 1.82) is 0 Å². The van der Waals surface area contributed by atoms with Gasteiger partial charge in [0, 0.05) is 25.3 Å². The Bertz CT molecular complexity index is 356. The van der Waals surface area contributed by atoms with Crippen LogP contribution in [0, 0.1) is 6.92 Å². The normalized spacial score (nSPS) is 21.9. The molecule has 17 heavy (non-hydrogen) atoms. The van der Waals surface area contributed by atoms with E-state index in [1.54, 1.807) is 0 Å². The van der Waals surface area contributed by atoms with Gasteiger partial charge in [-0.25, -0.2) is 0 Å². The summed E-state index contributed by atoms with van der Waals surface area (Å²) in [6, 6.07) is 2.06. The van der Waals surface area contributed by atoms with Crippen molar-refractivity contribution in [1.82, 2.24) is 9.78 Å². The lowest BCUT2D eigenvalue weighted by Gasteiger charge is -2.15. The van der Waals surface area contributed by atoms with Gasteiger partial charge in [0.15, 0.2) is 0 Å². The molecule has 0 saturated carbocycles. The Morgan fingerprint density at radius 2 is 2.47 bits per heavy atom. The van der Waals surface area contributed by atoms with Crippen LogP contribution in [0.3, 0.4) is 0 Å². The predicted molar refractivity (Wildman–Crippen MR) is 65.9 cm³/mol. The molecular formula is C13H22N2O2. The highest BCUT2D eigenvalue weighted by atomic mass is 16.5. The third kappa shape index (κ3) is 3.30. The summed E-state index contributed by atoms with van der Waals surface area (Å²) in [4.78, 5) is 0. The van der Waals surface area contributed by atoms with Crippen LogP contribution in [0.4, 0.5) is 0 Å². The van der Waals surface area contributed by atoms with Crippen molar-refractivity contribution in [3.05, 3.63) is 17.5 Å². The second-order valence-corrected chi connectivity index (χ2v) is 4.82. The number of rotatable bonds is 5. The number of nitrogens with zero attached hydrogens (tertiary/aromatic N) is 2. The summed E-state index contributed by atoms with van der Waals surface area (Å²) in [5.74, 6) is 0. The molecule has 2 unspecified atom stereocenters. The van der Waals surface area contributed by atoms with Gasteiger partial charge in [-0.2, -0.15) is 5.10 Å². The first-order valence-corrected chi connectivity index (χ1v) is 6.52. The van der Waals surface area contributed by atoms with E-state index in [-0.39, 0.29) is 12.2 Å². The largest absolute Gasteiger partial charge is 0.393 e. The predicted octanol–water partition coefficient (Wildman–Crippen LogP) is 1.68. The minimum Gasteiger partial charge on any atom is -0.393 e. The summed E-state index contributed by atoms with van der Waals surface area (Å²) in [6.07, 6.45) is 3.57. The standard InChI is InChI=1S/C13H22N2O2/c1-3-15-11(7-10(2)14-15)8-12(16)9-13-5-4-6-17-13/h7,12-13,16H,3-6,8-9H2,1-2H3. The Hall–Kier alpha value is -0.870. The highest BCUT2D eigenvalue weighted by Gasteiger charge is 2.20. The highest BCUT2D eigenvalue weighted by molar-refractivity contribution is 5.10. The fraction of sp³-hybridized carbons (Fsp3) is 0.769. The second kappa shape index (κ2) is 5.65. The molecule has 0 bridgehead atoms. The van der Waals surface area contributed by atoms with Crippen molar-refractivity contribution in [3.8, 4) is 0 Å². The number of hydrogen-bond donors (Lipinski definition) is 1. The van der Waals surface area contributed by atoms with E-state index < -0.39 is 0 Å². The molecule has 0 amide bonds. The van der Waals surface area contributed by atoms with E-state index in [2.05, 4.69) is 18.1 Å². The van der Waals surface area contributed by atoms with Gasteiger partial charge in [-0.1, -0.05) is 0 Å². The molecule has 2 heterocycles. The number of aliphatic hydroxyl groups is 1. The molecule has 2 atom stereocenters. The van der Waals surface area contributed by atoms with E-state index in [0.717, 1.165) is 43.8 Å². The fourth-order valence-electron chi connectivity index (χ4n) is 2.50. The van der Waals surface area contributed by atoms with Gasteiger partial charge in [0.05, 0.1) is 17.9 Å². The number of ether oxygens (including phenoxy) is 1. The number of aliphatic hydroxyl groups excluding tert-OH is 1. The van der Waals surface area contributed by atoms with Crippen LogP contribution >= 0.6 is 0 Å². The minimum absolute atomic E-state index is 0.254. The highest BCUT2D eigenvalue weighted by Crippen LogP contribution is 2.19. The van der Waals surface area contributed by atoms with Crippen LogP contribution in [0.25, 0.3) is 0 Å². The third-order valence-electron chi connectivity index (χ3n) is 3.29. The van der Waals surface area contributed by atoms with Gasteiger partial charge in [0.25, 0.3) is 0 Å². The Labute approximate surface area is 103 Å². The quantitative estimate of drug-likeness (QED) is 0.849. The first-order valence-electron chi connectivity index (χ1n) is 6.52. The molecular weight excluding hydrogens is 216 g/mol. The lowest BCUT2D eigenvalue weighted by atomic mass is 10.0.